The summed E-state index contributed by atoms with van der Waals surface area (Å²) in [7, 11) is 0. The van der Waals surface area contributed by atoms with Crippen LogP contribution in [0.5, 0.6) is 0 Å². The van der Waals surface area contributed by atoms with Gasteiger partial charge in [0.05, 0.1) is 25.5 Å². The first kappa shape index (κ1) is 16.6. The minimum atomic E-state index is 0.124. The third kappa shape index (κ3) is 8.31. The van der Waals surface area contributed by atoms with Crippen LogP contribution in [0, 0.1) is 0 Å². The normalized spacial score (nSPS) is 12.0. The van der Waals surface area contributed by atoms with Crippen molar-refractivity contribution in [1.29, 1.82) is 0 Å². The fourth-order valence-corrected chi connectivity index (χ4v) is 2.10. The Labute approximate surface area is 120 Å². The van der Waals surface area contributed by atoms with Crippen LogP contribution in [0.15, 0.2) is 5.38 Å². The molecule has 0 fully saturated rings. The molecular formula is C14H26N2O2S. The highest BCUT2D eigenvalue weighted by molar-refractivity contribution is 7.09. The van der Waals surface area contributed by atoms with Crippen molar-refractivity contribution >= 4 is 11.3 Å². The number of rotatable bonds is 9. The molecule has 1 N–H and O–H groups in total. The highest BCUT2D eigenvalue weighted by atomic mass is 32.1. The van der Waals surface area contributed by atoms with Gasteiger partial charge in [0.25, 0.3) is 0 Å². The Balaban J connectivity index is 2.16. The van der Waals surface area contributed by atoms with E-state index in [1.165, 1.54) is 0 Å². The molecule has 0 spiro atoms. The maximum Gasteiger partial charge on any atom is 0.107 e. The van der Waals surface area contributed by atoms with Crippen molar-refractivity contribution in [3.8, 4) is 0 Å². The molecule has 0 aliphatic carbocycles. The number of hydrogen-bond donors (Lipinski definition) is 1. The van der Waals surface area contributed by atoms with Gasteiger partial charge < -0.3 is 14.8 Å². The van der Waals surface area contributed by atoms with Crippen molar-refractivity contribution in [3.63, 3.8) is 0 Å². The zero-order valence-corrected chi connectivity index (χ0v) is 13.3. The van der Waals surface area contributed by atoms with Gasteiger partial charge in [-0.15, -0.1) is 11.3 Å². The Kier molecular flexibility index (Phi) is 7.53. The van der Waals surface area contributed by atoms with E-state index in [4.69, 9.17) is 9.47 Å². The molecule has 0 aromatic carbocycles. The second kappa shape index (κ2) is 8.64. The SMILES string of the molecule is CCCOCCOCc1csc(CNC(C)(C)C)n1. The maximum absolute atomic E-state index is 5.52. The van der Waals surface area contributed by atoms with E-state index in [2.05, 4.69) is 43.4 Å². The summed E-state index contributed by atoms with van der Waals surface area (Å²) < 4.78 is 10.9. The van der Waals surface area contributed by atoms with E-state index in [0.717, 1.165) is 30.3 Å². The minimum Gasteiger partial charge on any atom is -0.379 e. The van der Waals surface area contributed by atoms with Crippen LogP contribution in [0.1, 0.15) is 44.8 Å². The van der Waals surface area contributed by atoms with Gasteiger partial charge in [-0.2, -0.15) is 0 Å². The van der Waals surface area contributed by atoms with E-state index >= 15 is 0 Å². The van der Waals surface area contributed by atoms with Gasteiger partial charge in [-0.3, -0.25) is 0 Å². The lowest BCUT2D eigenvalue weighted by Crippen LogP contribution is -2.35. The first-order valence-electron chi connectivity index (χ1n) is 6.85. The van der Waals surface area contributed by atoms with E-state index in [1.54, 1.807) is 11.3 Å². The largest absolute Gasteiger partial charge is 0.379 e. The maximum atomic E-state index is 5.52. The zero-order chi connectivity index (χ0) is 14.1. The predicted molar refractivity (Wildman–Crippen MR) is 79.5 cm³/mol. The Bertz CT molecular complexity index is 347. The molecule has 0 amide bonds. The summed E-state index contributed by atoms with van der Waals surface area (Å²) in [5.41, 5.74) is 1.13. The molecule has 0 radical (unpaired) electrons. The van der Waals surface area contributed by atoms with Crippen molar-refractivity contribution in [2.45, 2.75) is 52.8 Å². The molecule has 0 saturated carbocycles. The van der Waals surface area contributed by atoms with Crippen molar-refractivity contribution < 1.29 is 9.47 Å². The molecule has 5 heteroatoms. The Morgan fingerprint density at radius 1 is 1.21 bits per heavy atom. The van der Waals surface area contributed by atoms with Crippen LogP contribution in [-0.2, 0) is 22.6 Å². The highest BCUT2D eigenvalue weighted by Gasteiger charge is 2.10. The first-order chi connectivity index (χ1) is 9.01. The Morgan fingerprint density at radius 2 is 1.95 bits per heavy atom. The average molecular weight is 286 g/mol. The Morgan fingerprint density at radius 3 is 2.63 bits per heavy atom. The molecule has 110 valence electrons. The molecule has 19 heavy (non-hydrogen) atoms. The number of thiazole rings is 1. The third-order valence-corrected chi connectivity index (χ3v) is 3.24. The van der Waals surface area contributed by atoms with Crippen molar-refractivity contribution in [1.82, 2.24) is 10.3 Å². The number of ether oxygens (including phenoxy) is 2. The summed E-state index contributed by atoms with van der Waals surface area (Å²) in [4.78, 5) is 4.54. The standard InChI is InChI=1S/C14H26N2O2S/c1-5-6-17-7-8-18-10-12-11-19-13(16-12)9-15-14(2,3)4/h11,15H,5-10H2,1-4H3. The van der Waals surface area contributed by atoms with Gasteiger partial charge in [0.1, 0.15) is 5.01 Å². The van der Waals surface area contributed by atoms with Crippen molar-refractivity contribution in [2.24, 2.45) is 0 Å². The quantitative estimate of drug-likeness (QED) is 0.709. The van der Waals surface area contributed by atoms with Crippen LogP contribution >= 0.6 is 11.3 Å². The number of nitrogens with one attached hydrogen (secondary N) is 1. The summed E-state index contributed by atoms with van der Waals surface area (Å²) >= 11 is 1.68. The summed E-state index contributed by atoms with van der Waals surface area (Å²) in [5.74, 6) is 0. The van der Waals surface area contributed by atoms with Crippen LogP contribution in [0.25, 0.3) is 0 Å². The number of nitrogens with zero attached hydrogens (tertiary/aromatic N) is 1. The molecular weight excluding hydrogens is 260 g/mol. The van der Waals surface area contributed by atoms with Gasteiger partial charge in [0.15, 0.2) is 0 Å². The third-order valence-electron chi connectivity index (χ3n) is 2.34. The van der Waals surface area contributed by atoms with Gasteiger partial charge in [-0.05, 0) is 27.2 Å². The van der Waals surface area contributed by atoms with Crippen molar-refractivity contribution in [3.05, 3.63) is 16.1 Å². The zero-order valence-electron chi connectivity index (χ0n) is 12.5. The molecule has 1 aromatic heterocycles. The van der Waals surface area contributed by atoms with Crippen LogP contribution in [0.2, 0.25) is 0 Å². The van der Waals surface area contributed by atoms with E-state index in [0.29, 0.717) is 19.8 Å². The van der Waals surface area contributed by atoms with Gasteiger partial charge in [0, 0.05) is 24.1 Å². The topological polar surface area (TPSA) is 43.4 Å². The molecule has 1 rings (SSSR count). The van der Waals surface area contributed by atoms with Crippen LogP contribution in [-0.4, -0.2) is 30.3 Å². The summed E-state index contributed by atoms with van der Waals surface area (Å²) in [6.07, 6.45) is 1.05. The van der Waals surface area contributed by atoms with E-state index < -0.39 is 0 Å². The molecule has 0 saturated heterocycles. The lowest BCUT2D eigenvalue weighted by molar-refractivity contribution is 0.0398. The molecule has 0 unspecified atom stereocenters. The molecule has 1 aromatic rings. The lowest BCUT2D eigenvalue weighted by atomic mass is 10.1. The predicted octanol–water partition coefficient (Wildman–Crippen LogP) is 2.97. The van der Waals surface area contributed by atoms with E-state index in [-0.39, 0.29) is 5.54 Å². The molecule has 0 bridgehead atoms. The monoisotopic (exact) mass is 286 g/mol. The molecule has 0 aliphatic rings. The first-order valence-corrected chi connectivity index (χ1v) is 7.73. The van der Waals surface area contributed by atoms with Crippen LogP contribution < -0.4 is 5.32 Å². The van der Waals surface area contributed by atoms with Gasteiger partial charge in [-0.25, -0.2) is 4.98 Å². The van der Waals surface area contributed by atoms with Gasteiger partial charge in [-0.1, -0.05) is 6.92 Å². The number of aromatic nitrogens is 1. The van der Waals surface area contributed by atoms with E-state index in [1.807, 2.05) is 0 Å². The number of hydrogen-bond acceptors (Lipinski definition) is 5. The van der Waals surface area contributed by atoms with Crippen molar-refractivity contribution in [2.75, 3.05) is 19.8 Å². The smallest absolute Gasteiger partial charge is 0.107 e. The fourth-order valence-electron chi connectivity index (χ4n) is 1.38. The Hall–Kier alpha value is -0.490. The van der Waals surface area contributed by atoms with Crippen LogP contribution in [0.4, 0.5) is 0 Å². The van der Waals surface area contributed by atoms with Gasteiger partial charge >= 0.3 is 0 Å². The minimum absolute atomic E-state index is 0.124. The second-order valence-corrected chi connectivity index (χ2v) is 6.44. The molecule has 0 atom stereocenters. The van der Waals surface area contributed by atoms with Crippen LogP contribution in [0.3, 0.4) is 0 Å². The highest BCUT2D eigenvalue weighted by Crippen LogP contribution is 2.12. The lowest BCUT2D eigenvalue weighted by Gasteiger charge is -2.19. The van der Waals surface area contributed by atoms with Gasteiger partial charge in [0.2, 0.25) is 0 Å². The molecule has 0 aliphatic heterocycles. The average Bonchev–Trinajstić information content (AvgIpc) is 2.78. The second-order valence-electron chi connectivity index (χ2n) is 5.50. The fraction of sp³-hybridized carbons (Fsp3) is 0.786. The molecule has 4 nitrogen and oxygen atoms in total. The summed E-state index contributed by atoms with van der Waals surface area (Å²) in [6, 6.07) is 0. The van der Waals surface area contributed by atoms with E-state index in [9.17, 15) is 0 Å². The summed E-state index contributed by atoms with van der Waals surface area (Å²) in [6.45, 7) is 12.0. The molecule has 1 heterocycles. The summed E-state index contributed by atoms with van der Waals surface area (Å²) in [5, 5.41) is 6.60.